The minimum Gasteiger partial charge on any atom is -0.465 e. The Bertz CT molecular complexity index is 457. The average Bonchev–Trinajstić information content (AvgIpc) is 2.36. The Hall–Kier alpha value is -1.91. The van der Waals surface area contributed by atoms with Crippen LogP contribution in [0.2, 0.25) is 0 Å². The Labute approximate surface area is 117 Å². The second-order valence-electron chi connectivity index (χ2n) is 4.86. The summed E-state index contributed by atoms with van der Waals surface area (Å²) in [7, 11) is 0. The molecule has 110 valence electrons. The van der Waals surface area contributed by atoms with Crippen molar-refractivity contribution in [1.82, 2.24) is 0 Å². The zero-order valence-corrected chi connectivity index (χ0v) is 11.7. The van der Waals surface area contributed by atoms with E-state index in [1.165, 1.54) is 18.2 Å². The molecule has 0 aromatic heterocycles. The summed E-state index contributed by atoms with van der Waals surface area (Å²) in [5.41, 5.74) is 0. The van der Waals surface area contributed by atoms with E-state index in [2.05, 4.69) is 0 Å². The van der Waals surface area contributed by atoms with Gasteiger partial charge in [0.1, 0.15) is 11.6 Å². The van der Waals surface area contributed by atoms with Gasteiger partial charge in [-0.25, -0.2) is 4.39 Å². The van der Waals surface area contributed by atoms with Gasteiger partial charge in [0.2, 0.25) is 0 Å². The maximum absolute atomic E-state index is 12.9. The molecule has 0 N–H and O–H groups in total. The van der Waals surface area contributed by atoms with E-state index in [9.17, 15) is 14.0 Å². The van der Waals surface area contributed by atoms with Gasteiger partial charge in [-0.3, -0.25) is 9.59 Å². The molecule has 0 spiro atoms. The van der Waals surface area contributed by atoms with Crippen molar-refractivity contribution < 1.29 is 23.5 Å². The summed E-state index contributed by atoms with van der Waals surface area (Å²) in [6, 6.07) is 5.36. The fourth-order valence-electron chi connectivity index (χ4n) is 1.42. The molecule has 4 nitrogen and oxygen atoms in total. The number of hydrogen-bond acceptors (Lipinski definition) is 4. The maximum atomic E-state index is 12.9. The van der Waals surface area contributed by atoms with Gasteiger partial charge in [0.25, 0.3) is 0 Å². The Morgan fingerprint density at radius 3 is 2.55 bits per heavy atom. The molecular formula is C15H19FO4. The molecule has 0 bridgehead atoms. The smallest absolute Gasteiger partial charge is 0.311 e. The number of halogens is 1. The van der Waals surface area contributed by atoms with Crippen LogP contribution in [0, 0.1) is 11.7 Å². The summed E-state index contributed by atoms with van der Waals surface area (Å²) >= 11 is 0. The third kappa shape index (κ3) is 6.87. The highest BCUT2D eigenvalue weighted by molar-refractivity contribution is 5.74. The lowest BCUT2D eigenvalue weighted by Crippen LogP contribution is -2.12. The normalized spacial score (nSPS) is 10.4. The molecule has 0 aliphatic rings. The van der Waals surface area contributed by atoms with Gasteiger partial charge in [-0.1, -0.05) is 19.9 Å². The number of ether oxygens (including phenoxy) is 2. The molecule has 5 heteroatoms. The fraction of sp³-hybridized carbons (Fsp3) is 0.467. The first-order chi connectivity index (χ1) is 9.47. The number of hydrogen-bond donors (Lipinski definition) is 0. The van der Waals surface area contributed by atoms with Crippen LogP contribution in [0.5, 0.6) is 5.75 Å². The monoisotopic (exact) mass is 282 g/mol. The zero-order valence-electron chi connectivity index (χ0n) is 11.7. The van der Waals surface area contributed by atoms with Crippen LogP contribution in [0.15, 0.2) is 24.3 Å². The predicted octanol–water partition coefficient (Wildman–Crippen LogP) is 3.10. The first kappa shape index (κ1) is 16.1. The number of benzene rings is 1. The predicted molar refractivity (Wildman–Crippen MR) is 71.7 cm³/mol. The lowest BCUT2D eigenvalue weighted by molar-refractivity contribution is -0.145. The van der Waals surface area contributed by atoms with E-state index < -0.39 is 11.8 Å². The molecule has 0 radical (unpaired) electrons. The number of rotatable bonds is 7. The fourth-order valence-corrected chi connectivity index (χ4v) is 1.42. The minimum atomic E-state index is -0.493. The molecule has 1 aromatic rings. The van der Waals surface area contributed by atoms with E-state index in [-0.39, 0.29) is 30.5 Å². The second kappa shape index (κ2) is 8.30. The summed E-state index contributed by atoms with van der Waals surface area (Å²) in [5, 5.41) is 0. The van der Waals surface area contributed by atoms with Gasteiger partial charge in [-0.2, -0.15) is 0 Å². The molecule has 0 unspecified atom stereocenters. The first-order valence-corrected chi connectivity index (χ1v) is 6.59. The third-order valence-corrected chi connectivity index (χ3v) is 2.37. The van der Waals surface area contributed by atoms with Crippen molar-refractivity contribution in [3.05, 3.63) is 30.1 Å². The highest BCUT2D eigenvalue weighted by Crippen LogP contribution is 2.13. The van der Waals surface area contributed by atoms with Gasteiger partial charge < -0.3 is 9.47 Å². The SMILES string of the molecule is CC(C)COC(=O)CCCC(=O)Oc1cccc(F)c1. The highest BCUT2D eigenvalue weighted by atomic mass is 19.1. The first-order valence-electron chi connectivity index (χ1n) is 6.59. The van der Waals surface area contributed by atoms with Crippen LogP contribution in [0.3, 0.4) is 0 Å². The topological polar surface area (TPSA) is 52.6 Å². The van der Waals surface area contributed by atoms with Crippen LogP contribution in [0.1, 0.15) is 33.1 Å². The van der Waals surface area contributed by atoms with Gasteiger partial charge in [-0.05, 0) is 24.5 Å². The Morgan fingerprint density at radius 2 is 1.90 bits per heavy atom. The lowest BCUT2D eigenvalue weighted by atomic mass is 10.2. The molecule has 1 rings (SSSR count). The Morgan fingerprint density at radius 1 is 1.20 bits per heavy atom. The van der Waals surface area contributed by atoms with E-state index in [4.69, 9.17) is 9.47 Å². The van der Waals surface area contributed by atoms with Gasteiger partial charge in [0.05, 0.1) is 6.61 Å². The third-order valence-electron chi connectivity index (χ3n) is 2.37. The average molecular weight is 282 g/mol. The molecule has 0 saturated heterocycles. The van der Waals surface area contributed by atoms with Gasteiger partial charge >= 0.3 is 11.9 Å². The van der Waals surface area contributed by atoms with Crippen LogP contribution in [-0.2, 0) is 14.3 Å². The van der Waals surface area contributed by atoms with Crippen molar-refractivity contribution >= 4 is 11.9 Å². The summed E-state index contributed by atoms with van der Waals surface area (Å²) in [6.45, 7) is 4.28. The molecule has 0 amide bonds. The summed E-state index contributed by atoms with van der Waals surface area (Å²) < 4.78 is 22.8. The zero-order chi connectivity index (χ0) is 15.0. The molecule has 0 saturated carbocycles. The molecule has 1 aromatic carbocycles. The van der Waals surface area contributed by atoms with Crippen molar-refractivity contribution in [3.63, 3.8) is 0 Å². The summed E-state index contributed by atoms with van der Waals surface area (Å²) in [6.07, 6.45) is 0.614. The quantitative estimate of drug-likeness (QED) is 0.569. The molecular weight excluding hydrogens is 263 g/mol. The van der Waals surface area contributed by atoms with Gasteiger partial charge in [-0.15, -0.1) is 0 Å². The van der Waals surface area contributed by atoms with Crippen molar-refractivity contribution in [2.75, 3.05) is 6.61 Å². The molecule has 0 aliphatic carbocycles. The summed E-state index contributed by atoms with van der Waals surface area (Å²) in [4.78, 5) is 22.8. The lowest BCUT2D eigenvalue weighted by Gasteiger charge is -2.07. The largest absolute Gasteiger partial charge is 0.465 e. The summed E-state index contributed by atoms with van der Waals surface area (Å²) in [5.74, 6) is -0.827. The van der Waals surface area contributed by atoms with Crippen molar-refractivity contribution in [2.45, 2.75) is 33.1 Å². The van der Waals surface area contributed by atoms with E-state index in [1.54, 1.807) is 0 Å². The van der Waals surface area contributed by atoms with Gasteiger partial charge in [0, 0.05) is 18.9 Å². The van der Waals surface area contributed by atoms with Crippen molar-refractivity contribution in [1.29, 1.82) is 0 Å². The molecule has 0 aliphatic heterocycles. The van der Waals surface area contributed by atoms with Crippen LogP contribution in [0.4, 0.5) is 4.39 Å². The number of esters is 2. The standard InChI is InChI=1S/C15H19FO4/c1-11(2)10-19-14(17)7-4-8-15(18)20-13-6-3-5-12(16)9-13/h3,5-6,9,11H,4,7-8,10H2,1-2H3. The van der Waals surface area contributed by atoms with Gasteiger partial charge in [0.15, 0.2) is 0 Å². The van der Waals surface area contributed by atoms with Crippen molar-refractivity contribution in [2.24, 2.45) is 5.92 Å². The highest BCUT2D eigenvalue weighted by Gasteiger charge is 2.09. The number of carbonyl (C=O) groups is 2. The van der Waals surface area contributed by atoms with Crippen LogP contribution in [-0.4, -0.2) is 18.5 Å². The van der Waals surface area contributed by atoms with Crippen LogP contribution in [0.25, 0.3) is 0 Å². The van der Waals surface area contributed by atoms with Crippen LogP contribution >= 0.6 is 0 Å². The molecule has 20 heavy (non-hydrogen) atoms. The Balaban J connectivity index is 2.22. The molecule has 0 fully saturated rings. The second-order valence-corrected chi connectivity index (χ2v) is 4.86. The van der Waals surface area contributed by atoms with E-state index >= 15 is 0 Å². The van der Waals surface area contributed by atoms with E-state index in [0.717, 1.165) is 6.07 Å². The molecule has 0 heterocycles. The number of carbonyl (C=O) groups excluding carboxylic acids is 2. The van der Waals surface area contributed by atoms with Crippen LogP contribution < -0.4 is 4.74 Å². The van der Waals surface area contributed by atoms with E-state index in [1.807, 2.05) is 13.8 Å². The van der Waals surface area contributed by atoms with E-state index in [0.29, 0.717) is 13.0 Å². The maximum Gasteiger partial charge on any atom is 0.311 e. The van der Waals surface area contributed by atoms with Crippen molar-refractivity contribution in [3.8, 4) is 5.75 Å². The Kier molecular flexibility index (Phi) is 6.70. The molecule has 0 atom stereocenters. The minimum absolute atomic E-state index is 0.0906.